The van der Waals surface area contributed by atoms with Gasteiger partial charge in [-0.1, -0.05) is 40.9 Å². The van der Waals surface area contributed by atoms with E-state index in [4.69, 9.17) is 71.1 Å². The molecule has 0 aromatic rings. The molecule has 0 aromatic heterocycles. The van der Waals surface area contributed by atoms with Crippen LogP contribution in [-0.4, -0.2) is 197 Å². The van der Waals surface area contributed by atoms with Gasteiger partial charge in [-0.2, -0.15) is 0 Å². The topological polar surface area (TPSA) is 233 Å². The van der Waals surface area contributed by atoms with Gasteiger partial charge < -0.3 is 86.4 Å². The summed E-state index contributed by atoms with van der Waals surface area (Å²) in [5, 5.41) is 32.5. The lowest BCUT2D eigenvalue weighted by Crippen LogP contribution is -2.63. The number of carboxylic acids is 1. The lowest BCUT2D eigenvalue weighted by molar-refractivity contribution is -0.371. The van der Waals surface area contributed by atoms with Gasteiger partial charge in [0.1, 0.15) is 48.3 Å². The van der Waals surface area contributed by atoms with Crippen molar-refractivity contribution in [2.24, 2.45) is 23.7 Å². The fraction of sp³-hybridized carbons (Fsp3) is 0.900. The highest BCUT2D eigenvalue weighted by Gasteiger charge is 2.77. The van der Waals surface area contributed by atoms with Crippen LogP contribution in [0.3, 0.4) is 0 Å². The third-order valence-electron chi connectivity index (χ3n) is 22.2. The molecule has 3 N–H and O–H groups in total. The second kappa shape index (κ2) is 19.7. The molecule has 16 rings (SSSR count). The number of aliphatic hydroxyl groups excluding tert-OH is 2. The molecule has 0 amide bonds. The van der Waals surface area contributed by atoms with Crippen LogP contribution in [-0.2, 0) is 80.6 Å². The zero-order valence-corrected chi connectivity index (χ0v) is 46.9. The van der Waals surface area contributed by atoms with Crippen LogP contribution in [0.2, 0.25) is 0 Å². The molecule has 16 aliphatic heterocycles. The normalized spacial score (nSPS) is 58.7. The van der Waals surface area contributed by atoms with Crippen molar-refractivity contribution in [3.63, 3.8) is 0 Å². The second-order valence-electron chi connectivity index (χ2n) is 27.7. The number of fused-ring (bicyclic) bond motifs is 10. The molecule has 0 aliphatic carbocycles. The van der Waals surface area contributed by atoms with Crippen LogP contribution >= 0.6 is 0 Å². The number of carboxylic acid groups (broad SMARTS) is 1. The van der Waals surface area contributed by atoms with Gasteiger partial charge in [0.05, 0.1) is 117 Å². The van der Waals surface area contributed by atoms with E-state index in [9.17, 15) is 24.9 Å². The Morgan fingerprint density at radius 2 is 1.26 bits per heavy atom. The minimum Gasteiger partial charge on any atom is -0.481 e. The Labute approximate surface area is 467 Å². The van der Waals surface area contributed by atoms with Crippen molar-refractivity contribution in [1.82, 2.24) is 0 Å². The van der Waals surface area contributed by atoms with Crippen molar-refractivity contribution in [2.45, 2.75) is 313 Å². The van der Waals surface area contributed by atoms with Crippen molar-refractivity contribution < 1.29 is 96.0 Å². The predicted molar refractivity (Wildman–Crippen MR) is 274 cm³/mol. The molecule has 3 spiro atoms. The van der Waals surface area contributed by atoms with Crippen molar-refractivity contribution in [3.8, 4) is 0 Å². The number of aliphatic hydroxyl groups is 2. The molecule has 0 aromatic carbocycles. The molecule has 16 fully saturated rings. The van der Waals surface area contributed by atoms with E-state index >= 15 is 0 Å². The van der Waals surface area contributed by atoms with E-state index in [1.165, 1.54) is 0 Å². The number of hydrogen-bond acceptors (Lipinski definition) is 19. The van der Waals surface area contributed by atoms with E-state index in [1.54, 1.807) is 0 Å². The number of rotatable bonds is 2. The maximum Gasteiger partial charge on any atom is 0.308 e. The summed E-state index contributed by atoms with van der Waals surface area (Å²) in [6, 6.07) is 0. The van der Waals surface area contributed by atoms with E-state index in [1.807, 2.05) is 6.92 Å². The molecule has 16 saturated heterocycles. The van der Waals surface area contributed by atoms with Gasteiger partial charge in [-0.05, 0) is 80.8 Å². The number of hydrogen-bond donors (Lipinski definition) is 3. The minimum atomic E-state index is -1.36. The van der Waals surface area contributed by atoms with Gasteiger partial charge >= 0.3 is 11.9 Å². The Balaban J connectivity index is 0.666. The summed E-state index contributed by atoms with van der Waals surface area (Å²) in [7, 11) is 0. The lowest BCUT2D eigenvalue weighted by Gasteiger charge is -2.54. The van der Waals surface area contributed by atoms with Gasteiger partial charge in [-0.3, -0.25) is 9.59 Å². The molecule has 12 bridgehead atoms. The number of carbonyl (C=O) groups is 2. The van der Waals surface area contributed by atoms with Crippen molar-refractivity contribution >= 4 is 11.9 Å². The van der Waals surface area contributed by atoms with Crippen molar-refractivity contribution in [2.75, 3.05) is 0 Å². The standard InChI is InChI=1S/C60H84O20/c1-25-14-31-8-10-35-26(2)15-33(66-35)12-13-60-56(65)57(7)55(80-60)54-53(77-57)52(79-60)51-36(70-54)11-9-32(68-51)16-46(64)73-50-30(6)49-41(69-40(50)18-37(67-31)29(25)5)19-39-43(72-49)23-59(74-39)24-44-48(78-59)28(4)22-58(76-44)21-27(3)47-42(75-58)17-34(61)38(71-47)20-45(62)63/h25,27-28,30-44,47-56,61,65H,2,5,8-24H2,1,3-4,6-7H3,(H,62,63)/t25-,27+,28+,30+,31+,32-,33+,34-,35+,36+,37-,38-,39-,40+,41+,42+,43-,44+,47+,48+,49+,50-,51+,52+,53+,54-,55?,56-,57-,58-,59-,60-/m1/s1. The van der Waals surface area contributed by atoms with Crippen LogP contribution in [0.25, 0.3) is 0 Å². The van der Waals surface area contributed by atoms with Crippen LogP contribution < -0.4 is 0 Å². The fourth-order valence-electron chi connectivity index (χ4n) is 18.4. The Kier molecular flexibility index (Phi) is 13.4. The molecular formula is C60H84O20. The summed E-state index contributed by atoms with van der Waals surface area (Å²) in [4.78, 5) is 26.2. The molecule has 20 nitrogen and oxygen atoms in total. The zero-order chi connectivity index (χ0) is 55.1. The third kappa shape index (κ3) is 8.85. The van der Waals surface area contributed by atoms with Gasteiger partial charge in [-0.25, -0.2) is 0 Å². The van der Waals surface area contributed by atoms with Gasteiger partial charge in [0.25, 0.3) is 0 Å². The maximum absolute atomic E-state index is 14.6. The highest BCUT2D eigenvalue weighted by Crippen LogP contribution is 2.60. The molecule has 0 saturated carbocycles. The van der Waals surface area contributed by atoms with Gasteiger partial charge in [0, 0.05) is 57.3 Å². The molecular weight excluding hydrogens is 1040 g/mol. The van der Waals surface area contributed by atoms with E-state index in [0.717, 1.165) is 30.4 Å². The van der Waals surface area contributed by atoms with Gasteiger partial charge in [-0.15, -0.1) is 0 Å². The number of carbonyl (C=O) groups excluding carboxylic acids is 1. The van der Waals surface area contributed by atoms with E-state index in [0.29, 0.717) is 70.6 Å². The van der Waals surface area contributed by atoms with Crippen molar-refractivity contribution in [1.29, 1.82) is 0 Å². The van der Waals surface area contributed by atoms with Crippen LogP contribution in [0, 0.1) is 23.7 Å². The summed E-state index contributed by atoms with van der Waals surface area (Å²) < 4.78 is 103. The molecule has 16 aliphatic rings. The Bertz CT molecular complexity index is 2460. The number of aliphatic carboxylic acids is 1. The Morgan fingerprint density at radius 3 is 2.09 bits per heavy atom. The van der Waals surface area contributed by atoms with Crippen molar-refractivity contribution in [3.05, 3.63) is 24.3 Å². The smallest absolute Gasteiger partial charge is 0.308 e. The fourth-order valence-corrected chi connectivity index (χ4v) is 18.4. The molecule has 20 heteroatoms. The van der Waals surface area contributed by atoms with E-state index < -0.39 is 114 Å². The van der Waals surface area contributed by atoms with E-state index in [2.05, 4.69) is 40.9 Å². The predicted octanol–water partition coefficient (Wildman–Crippen LogP) is 5.02. The molecule has 0 radical (unpaired) electrons. The van der Waals surface area contributed by atoms with Gasteiger partial charge in [0.15, 0.2) is 17.4 Å². The van der Waals surface area contributed by atoms with Crippen LogP contribution in [0.15, 0.2) is 24.3 Å². The Hall–Kier alpha value is -2.22. The monoisotopic (exact) mass is 1120 g/mol. The van der Waals surface area contributed by atoms with Crippen LogP contribution in [0.5, 0.6) is 0 Å². The van der Waals surface area contributed by atoms with Gasteiger partial charge in [0.2, 0.25) is 0 Å². The average Bonchev–Trinajstić information content (AvgIpc) is 4.26. The maximum atomic E-state index is 14.6. The lowest BCUT2D eigenvalue weighted by atomic mass is 9.78. The molecule has 1 unspecified atom stereocenters. The van der Waals surface area contributed by atoms with E-state index in [-0.39, 0.29) is 110 Å². The average molecular weight is 1130 g/mol. The summed E-state index contributed by atoms with van der Waals surface area (Å²) in [6.45, 7) is 19.5. The summed E-state index contributed by atoms with van der Waals surface area (Å²) in [5.41, 5.74) is 1.02. The number of esters is 1. The van der Waals surface area contributed by atoms with Crippen LogP contribution in [0.1, 0.15) is 144 Å². The Morgan fingerprint density at radius 1 is 0.562 bits per heavy atom. The summed E-state index contributed by atoms with van der Waals surface area (Å²) in [5.74, 6) is -4.67. The molecule has 80 heavy (non-hydrogen) atoms. The first-order chi connectivity index (χ1) is 38.2. The molecule has 16 heterocycles. The minimum absolute atomic E-state index is 0.000632. The highest BCUT2D eigenvalue weighted by molar-refractivity contribution is 5.70. The number of ether oxygens (including phenoxy) is 15. The largest absolute Gasteiger partial charge is 0.481 e. The quantitative estimate of drug-likeness (QED) is 0.243. The SMILES string of the molecule is C=C1C[C@@H]2CC[C@]34OC5[C@@H]6O[C@H]7CC[C@H](CC(=O)O[C@@H]8[C@@H](C)[C@@H]9O[C@@H]%10C[C@@]%11(C[C@@H]%12O[C@]%13(C[C@H](C)[C@@H]%14O[C@H](CC(=O)O)[C@H](O)C[C@@H]%14O%13)C[C@H](C)[C@@H]%12O%11)O[C@@H]%10C[C@@H]9O[C@H]8C[C@H]8O[C@@H](CC[C@@H]1O2)C[C@@H](C)C8=C)O[C@@H]7[C@H](O3)[C@@H]6O[C@@]5(C)[C@H]4O. The molecule has 444 valence electrons. The first-order valence-corrected chi connectivity index (χ1v) is 30.7. The van der Waals surface area contributed by atoms with Crippen LogP contribution in [0.4, 0.5) is 0 Å². The summed E-state index contributed by atoms with van der Waals surface area (Å²) in [6.07, 6.45) is -2.56. The highest BCUT2D eigenvalue weighted by atomic mass is 16.8. The molecule has 32 atom stereocenters. The second-order valence-corrected chi connectivity index (χ2v) is 27.7. The first kappa shape index (κ1) is 54.4. The first-order valence-electron chi connectivity index (χ1n) is 30.7. The zero-order valence-electron chi connectivity index (χ0n) is 46.9. The third-order valence-corrected chi connectivity index (χ3v) is 22.2. The summed E-state index contributed by atoms with van der Waals surface area (Å²) >= 11 is 0.